The lowest BCUT2D eigenvalue weighted by molar-refractivity contribution is -0.113. The molecule has 1 N–H and O–H groups in total. The van der Waals surface area contributed by atoms with Gasteiger partial charge in [-0.15, -0.1) is 0 Å². The van der Waals surface area contributed by atoms with E-state index in [9.17, 15) is 14.4 Å². The van der Waals surface area contributed by atoms with Crippen LogP contribution in [-0.2, 0) is 24.3 Å². The van der Waals surface area contributed by atoms with Gasteiger partial charge in [0.15, 0.2) is 5.65 Å². The van der Waals surface area contributed by atoms with Gasteiger partial charge in [0.2, 0.25) is 5.91 Å². The molecule has 0 atom stereocenters. The predicted molar refractivity (Wildman–Crippen MR) is 143 cm³/mol. The van der Waals surface area contributed by atoms with Gasteiger partial charge < -0.3 is 5.32 Å². The van der Waals surface area contributed by atoms with Gasteiger partial charge in [-0.2, -0.15) is 0 Å². The third kappa shape index (κ3) is 5.34. The number of aryl methyl sites for hydroxylation is 1. The van der Waals surface area contributed by atoms with Crippen LogP contribution >= 0.6 is 11.8 Å². The largest absolute Gasteiger partial charge is 0.332 e. The van der Waals surface area contributed by atoms with Gasteiger partial charge in [-0.3, -0.25) is 18.7 Å². The second-order valence-electron chi connectivity index (χ2n) is 10.5. The van der Waals surface area contributed by atoms with Crippen LogP contribution < -0.4 is 16.6 Å². The van der Waals surface area contributed by atoms with Gasteiger partial charge >= 0.3 is 5.69 Å². The average molecular weight is 498 g/mol. The Morgan fingerprint density at radius 3 is 2.09 bits per heavy atom. The van der Waals surface area contributed by atoms with Crippen LogP contribution in [0.1, 0.15) is 77.3 Å². The SMILES string of the molecule is CC(C)c1cccc(C(C)C)c1NC(=O)CSc1nc(C(C)(C)C)nc2c1c(=O)n(C)c(=O)n2C. The van der Waals surface area contributed by atoms with Gasteiger partial charge in [-0.25, -0.2) is 14.8 Å². The normalized spacial score (nSPS) is 12.1. The van der Waals surface area contributed by atoms with Crippen molar-refractivity contribution >= 4 is 34.4 Å². The van der Waals surface area contributed by atoms with Gasteiger partial charge in [0.05, 0.1) is 5.75 Å². The maximum Gasteiger partial charge on any atom is 0.332 e. The minimum Gasteiger partial charge on any atom is -0.325 e. The Kier molecular flexibility index (Phi) is 7.59. The number of carbonyl (C=O) groups is 1. The lowest BCUT2D eigenvalue weighted by Gasteiger charge is -2.21. The quantitative estimate of drug-likeness (QED) is 0.403. The fourth-order valence-corrected chi connectivity index (χ4v) is 4.69. The summed E-state index contributed by atoms with van der Waals surface area (Å²) in [5, 5.41) is 3.75. The molecule has 0 aliphatic carbocycles. The van der Waals surface area contributed by atoms with E-state index in [-0.39, 0.29) is 34.5 Å². The molecule has 0 bridgehead atoms. The van der Waals surface area contributed by atoms with E-state index in [1.165, 1.54) is 23.4 Å². The first-order chi connectivity index (χ1) is 16.2. The van der Waals surface area contributed by atoms with Crippen LogP contribution in [0.15, 0.2) is 32.8 Å². The Morgan fingerprint density at radius 1 is 1.00 bits per heavy atom. The highest BCUT2D eigenvalue weighted by molar-refractivity contribution is 8.00. The van der Waals surface area contributed by atoms with E-state index in [1.54, 1.807) is 7.05 Å². The number of carbonyl (C=O) groups excluding carboxylic acids is 1. The van der Waals surface area contributed by atoms with Crippen LogP contribution in [0.3, 0.4) is 0 Å². The van der Waals surface area contributed by atoms with Crippen LogP contribution in [0.5, 0.6) is 0 Å². The summed E-state index contributed by atoms with van der Waals surface area (Å²) in [5.41, 5.74) is 1.95. The van der Waals surface area contributed by atoms with Gasteiger partial charge in [0, 0.05) is 25.2 Å². The molecule has 2 heterocycles. The van der Waals surface area contributed by atoms with Crippen molar-refractivity contribution in [1.29, 1.82) is 0 Å². The summed E-state index contributed by atoms with van der Waals surface area (Å²) < 4.78 is 2.39. The Morgan fingerprint density at radius 2 is 1.57 bits per heavy atom. The van der Waals surface area contributed by atoms with Crippen molar-refractivity contribution in [1.82, 2.24) is 19.1 Å². The fraction of sp³-hybridized carbons (Fsp3) is 0.500. The second-order valence-corrected chi connectivity index (χ2v) is 11.4. The van der Waals surface area contributed by atoms with Crippen molar-refractivity contribution in [2.45, 2.75) is 70.7 Å². The van der Waals surface area contributed by atoms with Crippen LogP contribution in [-0.4, -0.2) is 30.8 Å². The molecular weight excluding hydrogens is 462 g/mol. The zero-order valence-electron chi connectivity index (χ0n) is 22.0. The van der Waals surface area contributed by atoms with Crippen molar-refractivity contribution < 1.29 is 4.79 Å². The molecule has 0 radical (unpaired) electrons. The third-order valence-electron chi connectivity index (χ3n) is 5.91. The number of nitrogens with zero attached hydrogens (tertiary/aromatic N) is 4. The van der Waals surface area contributed by atoms with E-state index in [2.05, 4.69) is 43.0 Å². The summed E-state index contributed by atoms with van der Waals surface area (Å²) >= 11 is 1.18. The van der Waals surface area contributed by atoms with E-state index in [1.807, 2.05) is 39.0 Å². The minimum absolute atomic E-state index is 0.0612. The Balaban J connectivity index is 2.03. The zero-order chi connectivity index (χ0) is 26.2. The smallest absolute Gasteiger partial charge is 0.325 e. The standard InChI is InChI=1S/C26H35N5O3S/c1-14(2)16-11-10-12-17(15(3)4)20(16)27-18(32)13-35-22-19-21(28-24(29-22)26(5,6)7)30(8)25(34)31(9)23(19)33/h10-12,14-15H,13H2,1-9H3,(H,27,32). The van der Waals surface area contributed by atoms with Gasteiger partial charge in [-0.05, 0) is 23.0 Å². The van der Waals surface area contributed by atoms with Gasteiger partial charge in [-0.1, -0.05) is 78.4 Å². The molecule has 0 unspecified atom stereocenters. The van der Waals surface area contributed by atoms with Crippen molar-refractivity contribution in [2.75, 3.05) is 11.1 Å². The molecule has 3 aromatic rings. The molecule has 9 heteroatoms. The number of para-hydroxylation sites is 1. The summed E-state index contributed by atoms with van der Waals surface area (Å²) in [6.07, 6.45) is 0. The molecule has 0 aliphatic heterocycles. The lowest BCUT2D eigenvalue weighted by Crippen LogP contribution is -2.38. The molecular formula is C26H35N5O3S. The topological polar surface area (TPSA) is 98.9 Å². The highest BCUT2D eigenvalue weighted by atomic mass is 32.2. The number of benzene rings is 1. The summed E-state index contributed by atoms with van der Waals surface area (Å²) in [7, 11) is 3.01. The summed E-state index contributed by atoms with van der Waals surface area (Å²) in [5.74, 6) is 0.882. The summed E-state index contributed by atoms with van der Waals surface area (Å²) in [4.78, 5) is 47.8. The van der Waals surface area contributed by atoms with Gasteiger partial charge in [0.25, 0.3) is 5.56 Å². The Hall–Kier alpha value is -2.94. The molecule has 3 rings (SSSR count). The number of hydrogen-bond acceptors (Lipinski definition) is 6. The number of amides is 1. The van der Waals surface area contributed by atoms with Crippen LogP contribution in [0, 0.1) is 0 Å². The zero-order valence-corrected chi connectivity index (χ0v) is 22.8. The highest BCUT2D eigenvalue weighted by Gasteiger charge is 2.24. The number of thioether (sulfide) groups is 1. The number of rotatable bonds is 6. The second kappa shape index (κ2) is 9.97. The molecule has 188 valence electrons. The molecule has 1 aromatic carbocycles. The molecule has 0 saturated carbocycles. The van der Waals surface area contributed by atoms with Gasteiger partial charge in [0.1, 0.15) is 16.2 Å². The third-order valence-corrected chi connectivity index (χ3v) is 6.89. The van der Waals surface area contributed by atoms with Crippen LogP contribution in [0.25, 0.3) is 11.0 Å². The van der Waals surface area contributed by atoms with Crippen molar-refractivity contribution in [3.8, 4) is 0 Å². The number of nitrogens with one attached hydrogen (secondary N) is 1. The molecule has 0 fully saturated rings. The number of aromatic nitrogens is 4. The van der Waals surface area contributed by atoms with Crippen molar-refractivity contribution in [2.24, 2.45) is 14.1 Å². The first kappa shape index (κ1) is 26.7. The maximum atomic E-state index is 13.1. The van der Waals surface area contributed by atoms with E-state index >= 15 is 0 Å². The molecule has 1 amide bonds. The van der Waals surface area contributed by atoms with Crippen molar-refractivity contribution in [3.05, 3.63) is 56.0 Å². The molecule has 8 nitrogen and oxygen atoms in total. The maximum absolute atomic E-state index is 13.1. The fourth-order valence-electron chi connectivity index (χ4n) is 3.87. The average Bonchev–Trinajstić information content (AvgIpc) is 2.78. The van der Waals surface area contributed by atoms with E-state index in [0.29, 0.717) is 10.9 Å². The Labute approximate surface area is 210 Å². The number of fused-ring (bicyclic) bond motifs is 1. The van der Waals surface area contributed by atoms with E-state index in [4.69, 9.17) is 0 Å². The molecule has 2 aromatic heterocycles. The van der Waals surface area contributed by atoms with E-state index < -0.39 is 16.7 Å². The number of hydrogen-bond donors (Lipinski definition) is 1. The highest BCUT2D eigenvalue weighted by Crippen LogP contribution is 2.33. The molecule has 0 aliphatic rings. The van der Waals surface area contributed by atoms with Crippen LogP contribution in [0.2, 0.25) is 0 Å². The Bertz CT molecular complexity index is 1370. The summed E-state index contributed by atoms with van der Waals surface area (Å²) in [6.45, 7) is 14.3. The first-order valence-corrected chi connectivity index (χ1v) is 12.8. The monoisotopic (exact) mass is 497 g/mol. The number of anilines is 1. The predicted octanol–water partition coefficient (Wildman–Crippen LogP) is 4.30. The molecule has 0 saturated heterocycles. The van der Waals surface area contributed by atoms with Crippen LogP contribution in [0.4, 0.5) is 5.69 Å². The summed E-state index contributed by atoms with van der Waals surface area (Å²) in [6, 6.07) is 6.10. The molecule has 35 heavy (non-hydrogen) atoms. The molecule has 0 spiro atoms. The lowest BCUT2D eigenvalue weighted by atomic mass is 9.92. The van der Waals surface area contributed by atoms with Crippen molar-refractivity contribution in [3.63, 3.8) is 0 Å². The first-order valence-electron chi connectivity index (χ1n) is 11.8. The minimum atomic E-state index is -0.473. The van der Waals surface area contributed by atoms with E-state index in [0.717, 1.165) is 21.4 Å².